The molecule has 1 aromatic rings. The number of aliphatic imine (C=N–C) groups is 1. The van der Waals surface area contributed by atoms with Crippen LogP contribution in [0.15, 0.2) is 23.5 Å². The Balaban J connectivity index is 0.00000225. The molecular formula is C10H20IN5. The van der Waals surface area contributed by atoms with E-state index in [1.54, 1.807) is 13.2 Å². The molecule has 0 unspecified atom stereocenters. The molecule has 0 saturated carbocycles. The first-order valence-electron chi connectivity index (χ1n) is 5.09. The number of rotatable bonds is 4. The van der Waals surface area contributed by atoms with Crippen LogP contribution in [0.5, 0.6) is 0 Å². The highest BCUT2D eigenvalue weighted by atomic mass is 127. The monoisotopic (exact) mass is 337 g/mol. The van der Waals surface area contributed by atoms with Crippen molar-refractivity contribution in [2.45, 2.75) is 13.0 Å². The molecular weight excluding hydrogens is 317 g/mol. The fourth-order valence-electron chi connectivity index (χ4n) is 1.31. The minimum absolute atomic E-state index is 0. The van der Waals surface area contributed by atoms with Crippen molar-refractivity contribution in [3.8, 4) is 0 Å². The van der Waals surface area contributed by atoms with E-state index in [-0.39, 0.29) is 24.0 Å². The Morgan fingerprint density at radius 3 is 2.75 bits per heavy atom. The fourth-order valence-corrected chi connectivity index (χ4v) is 1.31. The Morgan fingerprint density at radius 1 is 1.50 bits per heavy atom. The summed E-state index contributed by atoms with van der Waals surface area (Å²) in [6, 6.07) is 1.94. The van der Waals surface area contributed by atoms with Crippen LogP contribution in [0.3, 0.4) is 0 Å². The SMILES string of the molecule is CN=C(NCCCn1cccn1)N(C)C.I. The lowest BCUT2D eigenvalue weighted by molar-refractivity contribution is 0.544. The van der Waals surface area contributed by atoms with Crippen LogP contribution in [0.4, 0.5) is 0 Å². The van der Waals surface area contributed by atoms with Gasteiger partial charge < -0.3 is 10.2 Å². The maximum absolute atomic E-state index is 4.14. The van der Waals surface area contributed by atoms with Crippen molar-refractivity contribution in [2.24, 2.45) is 4.99 Å². The molecule has 0 aliphatic rings. The molecule has 0 saturated heterocycles. The van der Waals surface area contributed by atoms with E-state index in [2.05, 4.69) is 15.4 Å². The van der Waals surface area contributed by atoms with Gasteiger partial charge in [0.1, 0.15) is 0 Å². The summed E-state index contributed by atoms with van der Waals surface area (Å²) in [7, 11) is 5.74. The predicted octanol–water partition coefficient (Wildman–Crippen LogP) is 1.03. The van der Waals surface area contributed by atoms with Gasteiger partial charge in [-0.25, -0.2) is 0 Å². The highest BCUT2D eigenvalue weighted by Crippen LogP contribution is 1.88. The van der Waals surface area contributed by atoms with Crippen LogP contribution in [0, 0.1) is 0 Å². The van der Waals surface area contributed by atoms with E-state index in [0.29, 0.717) is 0 Å². The number of hydrogen-bond acceptors (Lipinski definition) is 2. The number of hydrogen-bond donors (Lipinski definition) is 1. The third-order valence-corrected chi connectivity index (χ3v) is 2.04. The molecule has 0 spiro atoms. The maximum Gasteiger partial charge on any atom is 0.193 e. The summed E-state index contributed by atoms with van der Waals surface area (Å²) in [6.07, 6.45) is 4.81. The fraction of sp³-hybridized carbons (Fsp3) is 0.600. The van der Waals surface area contributed by atoms with Crippen molar-refractivity contribution >= 4 is 29.9 Å². The summed E-state index contributed by atoms with van der Waals surface area (Å²) in [5, 5.41) is 7.40. The van der Waals surface area contributed by atoms with Crippen LogP contribution in [-0.2, 0) is 6.54 Å². The van der Waals surface area contributed by atoms with E-state index < -0.39 is 0 Å². The van der Waals surface area contributed by atoms with Gasteiger partial charge in [-0.1, -0.05) is 0 Å². The van der Waals surface area contributed by atoms with Crippen molar-refractivity contribution in [3.05, 3.63) is 18.5 Å². The van der Waals surface area contributed by atoms with Crippen LogP contribution in [-0.4, -0.2) is 48.3 Å². The smallest absolute Gasteiger partial charge is 0.193 e. The molecule has 92 valence electrons. The minimum atomic E-state index is 0. The number of aromatic nitrogens is 2. The quantitative estimate of drug-likeness (QED) is 0.386. The number of halogens is 1. The van der Waals surface area contributed by atoms with Crippen LogP contribution in [0.1, 0.15) is 6.42 Å². The molecule has 1 aromatic heterocycles. The number of nitrogens with one attached hydrogen (secondary N) is 1. The summed E-state index contributed by atoms with van der Waals surface area (Å²) >= 11 is 0. The van der Waals surface area contributed by atoms with E-state index in [1.807, 2.05) is 35.9 Å². The highest BCUT2D eigenvalue weighted by molar-refractivity contribution is 14.0. The first-order valence-corrected chi connectivity index (χ1v) is 5.09. The van der Waals surface area contributed by atoms with E-state index >= 15 is 0 Å². The molecule has 0 fully saturated rings. The van der Waals surface area contributed by atoms with Gasteiger partial charge in [-0.15, -0.1) is 24.0 Å². The van der Waals surface area contributed by atoms with Gasteiger partial charge in [-0.05, 0) is 12.5 Å². The van der Waals surface area contributed by atoms with Gasteiger partial charge in [0.25, 0.3) is 0 Å². The number of nitrogens with zero attached hydrogens (tertiary/aromatic N) is 4. The molecule has 16 heavy (non-hydrogen) atoms. The highest BCUT2D eigenvalue weighted by Gasteiger charge is 1.98. The normalized spacial score (nSPS) is 10.8. The Kier molecular flexibility index (Phi) is 7.96. The van der Waals surface area contributed by atoms with E-state index in [9.17, 15) is 0 Å². The lowest BCUT2D eigenvalue weighted by atomic mass is 10.4. The van der Waals surface area contributed by atoms with Crippen LogP contribution in [0.2, 0.25) is 0 Å². The predicted molar refractivity (Wildman–Crippen MR) is 77.3 cm³/mol. The average Bonchev–Trinajstić information content (AvgIpc) is 2.70. The Bertz CT molecular complexity index is 294. The van der Waals surface area contributed by atoms with Gasteiger partial charge in [-0.2, -0.15) is 5.10 Å². The van der Waals surface area contributed by atoms with Gasteiger partial charge in [0.15, 0.2) is 5.96 Å². The average molecular weight is 337 g/mol. The van der Waals surface area contributed by atoms with Crippen LogP contribution in [0.25, 0.3) is 0 Å². The van der Waals surface area contributed by atoms with Gasteiger partial charge in [-0.3, -0.25) is 9.67 Å². The molecule has 0 aromatic carbocycles. The largest absolute Gasteiger partial charge is 0.356 e. The van der Waals surface area contributed by atoms with Gasteiger partial charge in [0.05, 0.1) is 0 Å². The molecule has 0 atom stereocenters. The zero-order valence-electron chi connectivity index (χ0n) is 10.1. The van der Waals surface area contributed by atoms with E-state index in [0.717, 1.165) is 25.5 Å². The molecule has 1 N–H and O–H groups in total. The lowest BCUT2D eigenvalue weighted by Crippen LogP contribution is -2.37. The van der Waals surface area contributed by atoms with E-state index in [1.165, 1.54) is 0 Å². The summed E-state index contributed by atoms with van der Waals surface area (Å²) < 4.78 is 1.93. The van der Waals surface area contributed by atoms with Crippen LogP contribution >= 0.6 is 24.0 Å². The summed E-state index contributed by atoms with van der Waals surface area (Å²) in [4.78, 5) is 6.10. The van der Waals surface area contributed by atoms with E-state index in [4.69, 9.17) is 0 Å². The van der Waals surface area contributed by atoms with Crippen molar-refractivity contribution in [1.29, 1.82) is 0 Å². The first kappa shape index (κ1) is 15.2. The Hall–Kier alpha value is -0.790. The second kappa shape index (κ2) is 8.37. The van der Waals surface area contributed by atoms with Crippen molar-refractivity contribution in [3.63, 3.8) is 0 Å². The van der Waals surface area contributed by atoms with Crippen molar-refractivity contribution in [2.75, 3.05) is 27.7 Å². The summed E-state index contributed by atoms with van der Waals surface area (Å²) in [6.45, 7) is 1.84. The molecule has 1 heterocycles. The van der Waals surface area contributed by atoms with Crippen molar-refractivity contribution < 1.29 is 0 Å². The van der Waals surface area contributed by atoms with Crippen molar-refractivity contribution in [1.82, 2.24) is 20.0 Å². The Morgan fingerprint density at radius 2 is 2.25 bits per heavy atom. The zero-order valence-corrected chi connectivity index (χ0v) is 12.4. The molecule has 5 nitrogen and oxygen atoms in total. The second-order valence-electron chi connectivity index (χ2n) is 3.49. The summed E-state index contributed by atoms with van der Waals surface area (Å²) in [5.74, 6) is 0.912. The van der Waals surface area contributed by atoms with Gasteiger partial charge in [0, 0.05) is 46.6 Å². The molecule has 0 aliphatic carbocycles. The third kappa shape index (κ3) is 5.34. The molecule has 0 bridgehead atoms. The maximum atomic E-state index is 4.14. The zero-order chi connectivity index (χ0) is 11.1. The third-order valence-electron chi connectivity index (χ3n) is 2.04. The first-order chi connectivity index (χ1) is 7.24. The molecule has 0 aliphatic heterocycles. The molecule has 1 rings (SSSR count). The Labute approximate surface area is 114 Å². The molecule has 0 amide bonds. The van der Waals surface area contributed by atoms with Gasteiger partial charge >= 0.3 is 0 Å². The minimum Gasteiger partial charge on any atom is -0.356 e. The standard InChI is InChI=1S/C10H19N5.HI/c1-11-10(14(2)3)12-6-4-8-15-9-5-7-13-15;/h5,7,9H,4,6,8H2,1-3H3,(H,11,12);1H. The topological polar surface area (TPSA) is 45.5 Å². The number of aryl methyl sites for hydroxylation is 1. The van der Waals surface area contributed by atoms with Crippen LogP contribution < -0.4 is 5.32 Å². The second-order valence-corrected chi connectivity index (χ2v) is 3.49. The summed E-state index contributed by atoms with van der Waals surface area (Å²) in [5.41, 5.74) is 0. The number of guanidine groups is 1. The lowest BCUT2D eigenvalue weighted by Gasteiger charge is -2.16. The molecule has 6 heteroatoms. The molecule has 0 radical (unpaired) electrons. The van der Waals surface area contributed by atoms with Gasteiger partial charge in [0.2, 0.25) is 0 Å².